The van der Waals surface area contributed by atoms with Crippen LogP contribution in [-0.4, -0.2) is 36.1 Å². The number of aromatic nitrogens is 2. The molecule has 0 unspecified atom stereocenters. The summed E-state index contributed by atoms with van der Waals surface area (Å²) in [4.78, 5) is 20.6. The number of benzene rings is 2. The number of amides is 1. The Morgan fingerprint density at radius 3 is 2.85 bits per heavy atom. The van der Waals surface area contributed by atoms with E-state index in [9.17, 15) is 9.18 Å². The van der Waals surface area contributed by atoms with Crippen molar-refractivity contribution >= 4 is 38.6 Å². The Morgan fingerprint density at radius 1 is 1.19 bits per heavy atom. The molecule has 0 aliphatic carbocycles. The molecule has 2 aromatic carbocycles. The largest absolute Gasteiger partial charge is 0.497 e. The van der Waals surface area contributed by atoms with E-state index in [4.69, 9.17) is 4.74 Å². The van der Waals surface area contributed by atoms with Gasteiger partial charge in [-0.05, 0) is 58.7 Å². The summed E-state index contributed by atoms with van der Waals surface area (Å²) in [5.74, 6) is 0.668. The number of nitrogens with zero attached hydrogens (tertiary/aromatic N) is 2. The maximum absolute atomic E-state index is 13.5. The predicted molar refractivity (Wildman–Crippen MR) is 106 cm³/mol. The first kappa shape index (κ1) is 19.0. The highest BCUT2D eigenvalue weighted by Gasteiger charge is 2.11. The lowest BCUT2D eigenvalue weighted by molar-refractivity contribution is 0.0952. The van der Waals surface area contributed by atoms with Crippen molar-refractivity contribution in [2.45, 2.75) is 6.42 Å². The third kappa shape index (κ3) is 4.71. The van der Waals surface area contributed by atoms with E-state index in [1.165, 1.54) is 18.5 Å². The molecule has 1 amide bonds. The maximum Gasteiger partial charge on any atom is 0.252 e. The van der Waals surface area contributed by atoms with E-state index in [-0.39, 0.29) is 11.7 Å². The van der Waals surface area contributed by atoms with Crippen LogP contribution in [-0.2, 0) is 0 Å². The van der Waals surface area contributed by atoms with Gasteiger partial charge in [-0.1, -0.05) is 0 Å². The van der Waals surface area contributed by atoms with Gasteiger partial charge in [0.1, 0.15) is 23.7 Å². The van der Waals surface area contributed by atoms with E-state index in [0.717, 1.165) is 0 Å². The highest BCUT2D eigenvalue weighted by Crippen LogP contribution is 2.22. The van der Waals surface area contributed by atoms with Gasteiger partial charge in [0.25, 0.3) is 5.91 Å². The van der Waals surface area contributed by atoms with Crippen LogP contribution < -0.4 is 15.4 Å². The van der Waals surface area contributed by atoms with Crippen molar-refractivity contribution < 1.29 is 13.9 Å². The van der Waals surface area contributed by atoms with Gasteiger partial charge in [-0.3, -0.25) is 4.79 Å². The molecule has 0 saturated carbocycles. The zero-order chi connectivity index (χ0) is 19.2. The number of fused-ring (bicyclic) bond motifs is 1. The second-order valence-corrected chi connectivity index (χ2v) is 6.62. The minimum absolute atomic E-state index is 0.185. The number of hydrogen-bond acceptors (Lipinski definition) is 5. The smallest absolute Gasteiger partial charge is 0.252 e. The van der Waals surface area contributed by atoms with Crippen molar-refractivity contribution in [2.75, 3.05) is 25.5 Å². The second-order valence-electron chi connectivity index (χ2n) is 5.77. The number of ether oxygens (including phenoxy) is 1. The van der Waals surface area contributed by atoms with Crippen LogP contribution in [0.25, 0.3) is 10.9 Å². The van der Waals surface area contributed by atoms with Crippen molar-refractivity contribution in [3.05, 3.63) is 58.6 Å². The lowest BCUT2D eigenvalue weighted by atomic mass is 10.2. The Kier molecular flexibility index (Phi) is 6.18. The molecule has 1 aromatic heterocycles. The van der Waals surface area contributed by atoms with Crippen LogP contribution in [0, 0.1) is 5.82 Å². The van der Waals surface area contributed by atoms with Crippen LogP contribution >= 0.6 is 15.9 Å². The summed E-state index contributed by atoms with van der Waals surface area (Å²) in [5, 5.41) is 6.65. The first-order valence-electron chi connectivity index (χ1n) is 8.34. The Labute approximate surface area is 164 Å². The Morgan fingerprint density at radius 2 is 2.04 bits per heavy atom. The molecule has 8 heteroatoms. The Bertz CT molecular complexity index is 968. The molecule has 0 fully saturated rings. The first-order chi connectivity index (χ1) is 13.1. The van der Waals surface area contributed by atoms with Crippen molar-refractivity contribution in [3.63, 3.8) is 0 Å². The van der Waals surface area contributed by atoms with Gasteiger partial charge in [0.2, 0.25) is 0 Å². The molecule has 1 heterocycles. The molecule has 0 saturated heterocycles. The van der Waals surface area contributed by atoms with E-state index in [1.807, 2.05) is 0 Å². The third-order valence-corrected chi connectivity index (χ3v) is 4.64. The van der Waals surface area contributed by atoms with Crippen molar-refractivity contribution in [3.8, 4) is 5.75 Å². The van der Waals surface area contributed by atoms with Gasteiger partial charge in [-0.15, -0.1) is 0 Å². The van der Waals surface area contributed by atoms with Gasteiger partial charge in [0.15, 0.2) is 0 Å². The van der Waals surface area contributed by atoms with E-state index in [2.05, 4.69) is 36.5 Å². The Hall–Kier alpha value is -2.74. The number of rotatable bonds is 7. The fourth-order valence-electron chi connectivity index (χ4n) is 2.57. The van der Waals surface area contributed by atoms with Gasteiger partial charge in [-0.25, -0.2) is 14.4 Å². The molecule has 0 aliphatic heterocycles. The summed E-state index contributed by atoms with van der Waals surface area (Å²) >= 11 is 3.37. The van der Waals surface area contributed by atoms with Crippen molar-refractivity contribution in [1.29, 1.82) is 0 Å². The zero-order valence-corrected chi connectivity index (χ0v) is 16.2. The highest BCUT2D eigenvalue weighted by molar-refractivity contribution is 9.10. The van der Waals surface area contributed by atoms with Gasteiger partial charge in [-0.2, -0.15) is 0 Å². The molecular formula is C19H18BrFN4O2. The molecule has 3 rings (SSSR count). The number of carbonyl (C=O) groups excluding carboxylic acids is 1. The third-order valence-electron chi connectivity index (χ3n) is 3.95. The van der Waals surface area contributed by atoms with Crippen LogP contribution in [0.1, 0.15) is 16.8 Å². The van der Waals surface area contributed by atoms with Gasteiger partial charge in [0, 0.05) is 22.9 Å². The van der Waals surface area contributed by atoms with Crippen LogP contribution in [0.2, 0.25) is 0 Å². The fraction of sp³-hybridized carbons (Fsp3) is 0.211. The summed E-state index contributed by atoms with van der Waals surface area (Å²) < 4.78 is 19.3. The average Bonchev–Trinajstić information content (AvgIpc) is 2.68. The summed E-state index contributed by atoms with van der Waals surface area (Å²) in [6.07, 6.45) is 2.11. The first-order valence-corrected chi connectivity index (χ1v) is 9.13. The second kappa shape index (κ2) is 8.77. The molecule has 0 spiro atoms. The predicted octanol–water partition coefficient (Wildman–Crippen LogP) is 3.77. The van der Waals surface area contributed by atoms with Gasteiger partial charge < -0.3 is 15.4 Å². The quantitative estimate of drug-likeness (QED) is 0.555. The minimum atomic E-state index is -0.337. The van der Waals surface area contributed by atoms with E-state index >= 15 is 0 Å². The molecule has 0 bridgehead atoms. The molecule has 6 nitrogen and oxygen atoms in total. The monoisotopic (exact) mass is 432 g/mol. The molecular weight excluding hydrogens is 415 g/mol. The van der Waals surface area contributed by atoms with Crippen molar-refractivity contribution in [2.24, 2.45) is 0 Å². The number of carbonyl (C=O) groups is 1. The van der Waals surface area contributed by atoms with Crippen molar-refractivity contribution in [1.82, 2.24) is 15.3 Å². The maximum atomic E-state index is 13.5. The van der Waals surface area contributed by atoms with Gasteiger partial charge >= 0.3 is 0 Å². The van der Waals surface area contributed by atoms with E-state index < -0.39 is 0 Å². The van der Waals surface area contributed by atoms with Crippen LogP contribution in [0.3, 0.4) is 0 Å². The Balaban J connectivity index is 1.53. The topological polar surface area (TPSA) is 76.1 Å². The summed E-state index contributed by atoms with van der Waals surface area (Å²) in [6, 6.07) is 9.61. The highest BCUT2D eigenvalue weighted by atomic mass is 79.9. The number of nitrogens with one attached hydrogen (secondary N) is 2. The molecule has 0 aliphatic rings. The summed E-state index contributed by atoms with van der Waals surface area (Å²) in [7, 11) is 1.55. The molecule has 2 N–H and O–H groups in total. The minimum Gasteiger partial charge on any atom is -0.497 e. The standard InChI is InChI=1S/C19H18BrFN4O2/c1-27-13-4-5-16(20)14(10-13)19(26)23-8-2-7-22-18-15-9-12(21)3-6-17(15)24-11-25-18/h3-6,9-11H,2,7-8H2,1H3,(H,23,26)(H,22,24,25). The molecule has 140 valence electrons. The molecule has 27 heavy (non-hydrogen) atoms. The number of hydrogen-bond donors (Lipinski definition) is 2. The SMILES string of the molecule is COc1ccc(Br)c(C(=O)NCCCNc2ncnc3ccc(F)cc23)c1. The van der Waals surface area contributed by atoms with Crippen LogP contribution in [0.5, 0.6) is 5.75 Å². The molecule has 0 radical (unpaired) electrons. The van der Waals surface area contributed by atoms with Crippen LogP contribution in [0.15, 0.2) is 47.2 Å². The zero-order valence-electron chi connectivity index (χ0n) is 14.6. The molecule has 3 aromatic rings. The normalized spacial score (nSPS) is 10.6. The molecule has 0 atom stereocenters. The van der Waals surface area contributed by atoms with E-state index in [1.54, 1.807) is 31.4 Å². The fourth-order valence-corrected chi connectivity index (χ4v) is 2.99. The number of methoxy groups -OCH3 is 1. The van der Waals surface area contributed by atoms with E-state index in [0.29, 0.717) is 52.0 Å². The van der Waals surface area contributed by atoms with Crippen LogP contribution in [0.4, 0.5) is 10.2 Å². The number of anilines is 1. The average molecular weight is 433 g/mol. The lowest BCUT2D eigenvalue weighted by Crippen LogP contribution is -2.26. The lowest BCUT2D eigenvalue weighted by Gasteiger charge is -2.10. The van der Waals surface area contributed by atoms with Gasteiger partial charge in [0.05, 0.1) is 18.2 Å². The summed E-state index contributed by atoms with van der Waals surface area (Å²) in [6.45, 7) is 1.05. The number of halogens is 2. The summed E-state index contributed by atoms with van der Waals surface area (Å²) in [5.41, 5.74) is 1.18.